The van der Waals surface area contributed by atoms with E-state index in [2.05, 4.69) is 17.6 Å². The molecule has 0 spiro atoms. The first-order valence-electron chi connectivity index (χ1n) is 3.91. The molecule has 0 unspecified atom stereocenters. The molecule has 1 aliphatic carbocycles. The molecule has 0 bridgehead atoms. The summed E-state index contributed by atoms with van der Waals surface area (Å²) in [7, 11) is 0. The van der Waals surface area contributed by atoms with E-state index in [4.69, 9.17) is 5.26 Å². The van der Waals surface area contributed by atoms with Gasteiger partial charge in [-0.25, -0.2) is 0 Å². The molecule has 11 heavy (non-hydrogen) atoms. The lowest BCUT2D eigenvalue weighted by Crippen LogP contribution is -1.98. The van der Waals surface area contributed by atoms with Crippen molar-refractivity contribution in [3.05, 3.63) is 23.5 Å². The Bertz CT molecular complexity index is 313. The summed E-state index contributed by atoms with van der Waals surface area (Å²) in [4.78, 5) is 0. The fraction of sp³-hybridized carbons (Fsp3) is 0.444. The first kappa shape index (κ1) is 6.48. The largest absolute Gasteiger partial charge is 0.334 e. The van der Waals surface area contributed by atoms with Gasteiger partial charge >= 0.3 is 0 Å². The fourth-order valence-corrected chi connectivity index (χ4v) is 1.46. The van der Waals surface area contributed by atoms with E-state index in [0.717, 1.165) is 5.69 Å². The molecule has 0 aliphatic heterocycles. The van der Waals surface area contributed by atoms with Crippen LogP contribution in [-0.4, -0.2) is 4.57 Å². The van der Waals surface area contributed by atoms with Crippen LogP contribution in [-0.2, 0) is 0 Å². The molecular formula is C9H10N2. The molecule has 0 radical (unpaired) electrons. The number of nitrogens with zero attached hydrogens (tertiary/aromatic N) is 2. The lowest BCUT2D eigenvalue weighted by molar-refractivity contribution is 0.713. The second-order valence-electron chi connectivity index (χ2n) is 3.07. The minimum absolute atomic E-state index is 0.625. The second-order valence-corrected chi connectivity index (χ2v) is 3.07. The summed E-state index contributed by atoms with van der Waals surface area (Å²) < 4.78 is 2.14. The highest BCUT2D eigenvalue weighted by Crippen LogP contribution is 2.37. The monoisotopic (exact) mass is 146 g/mol. The van der Waals surface area contributed by atoms with Gasteiger partial charge in [0.15, 0.2) is 0 Å². The highest BCUT2D eigenvalue weighted by Gasteiger charge is 2.26. The summed E-state index contributed by atoms with van der Waals surface area (Å²) in [6.07, 6.45) is 2.48. The van der Waals surface area contributed by atoms with Crippen LogP contribution < -0.4 is 0 Å². The maximum Gasteiger partial charge on any atom is 0.120 e. The molecule has 1 heterocycles. The standard InChI is InChI=1S/C9H10N2/c1-7-2-3-9(6-10)11(7)8-4-5-8/h2-3,8H,4-5H2,1H3. The minimum Gasteiger partial charge on any atom is -0.334 e. The topological polar surface area (TPSA) is 28.7 Å². The van der Waals surface area contributed by atoms with Gasteiger partial charge in [-0.3, -0.25) is 0 Å². The van der Waals surface area contributed by atoms with Crippen molar-refractivity contribution in [2.24, 2.45) is 0 Å². The van der Waals surface area contributed by atoms with E-state index in [1.807, 2.05) is 12.1 Å². The zero-order valence-electron chi connectivity index (χ0n) is 6.54. The van der Waals surface area contributed by atoms with E-state index in [9.17, 15) is 0 Å². The van der Waals surface area contributed by atoms with Crippen molar-refractivity contribution >= 4 is 0 Å². The summed E-state index contributed by atoms with van der Waals surface area (Å²) in [5.74, 6) is 0. The number of nitriles is 1. The Kier molecular flexibility index (Phi) is 1.25. The van der Waals surface area contributed by atoms with Crippen molar-refractivity contribution in [3.63, 3.8) is 0 Å². The van der Waals surface area contributed by atoms with Gasteiger partial charge in [-0.05, 0) is 31.9 Å². The van der Waals surface area contributed by atoms with E-state index in [1.165, 1.54) is 18.5 Å². The number of aromatic nitrogens is 1. The average molecular weight is 146 g/mol. The Morgan fingerprint density at radius 1 is 1.55 bits per heavy atom. The molecule has 56 valence electrons. The van der Waals surface area contributed by atoms with Gasteiger partial charge < -0.3 is 4.57 Å². The van der Waals surface area contributed by atoms with Crippen LogP contribution in [0.25, 0.3) is 0 Å². The third-order valence-electron chi connectivity index (χ3n) is 2.15. The van der Waals surface area contributed by atoms with Gasteiger partial charge in [-0.15, -0.1) is 0 Å². The Morgan fingerprint density at radius 2 is 2.27 bits per heavy atom. The van der Waals surface area contributed by atoms with Gasteiger partial charge in [-0.2, -0.15) is 5.26 Å². The van der Waals surface area contributed by atoms with Gasteiger partial charge in [0.05, 0.1) is 0 Å². The molecule has 0 amide bonds. The van der Waals surface area contributed by atoms with E-state index in [1.54, 1.807) is 0 Å². The molecular weight excluding hydrogens is 136 g/mol. The Morgan fingerprint density at radius 3 is 2.82 bits per heavy atom. The number of rotatable bonds is 1. The van der Waals surface area contributed by atoms with Crippen molar-refractivity contribution in [2.45, 2.75) is 25.8 Å². The van der Waals surface area contributed by atoms with Gasteiger partial charge in [-0.1, -0.05) is 0 Å². The quantitative estimate of drug-likeness (QED) is 0.595. The first-order valence-corrected chi connectivity index (χ1v) is 3.91. The lowest BCUT2D eigenvalue weighted by atomic mass is 10.4. The summed E-state index contributed by atoms with van der Waals surface area (Å²) in [5.41, 5.74) is 2.02. The van der Waals surface area contributed by atoms with Crippen LogP contribution in [0, 0.1) is 18.3 Å². The van der Waals surface area contributed by atoms with Crippen LogP contribution in [0.2, 0.25) is 0 Å². The zero-order chi connectivity index (χ0) is 7.84. The van der Waals surface area contributed by atoms with E-state index >= 15 is 0 Å². The maximum absolute atomic E-state index is 8.74. The molecule has 0 atom stereocenters. The molecule has 1 aromatic heterocycles. The van der Waals surface area contributed by atoms with Crippen molar-refractivity contribution in [1.82, 2.24) is 4.57 Å². The normalized spacial score (nSPS) is 16.4. The molecule has 0 aromatic carbocycles. The van der Waals surface area contributed by atoms with Crippen molar-refractivity contribution in [2.75, 3.05) is 0 Å². The van der Waals surface area contributed by atoms with Gasteiger partial charge in [0, 0.05) is 11.7 Å². The molecule has 0 N–H and O–H groups in total. The Balaban J connectivity index is 2.48. The van der Waals surface area contributed by atoms with Crippen LogP contribution in [0.1, 0.15) is 30.3 Å². The Labute approximate surface area is 66.1 Å². The molecule has 0 saturated heterocycles. The first-order chi connectivity index (χ1) is 5.33. The van der Waals surface area contributed by atoms with Gasteiger partial charge in [0.25, 0.3) is 0 Å². The van der Waals surface area contributed by atoms with Crippen LogP contribution in [0.3, 0.4) is 0 Å². The van der Waals surface area contributed by atoms with Crippen molar-refractivity contribution in [1.29, 1.82) is 5.26 Å². The molecule has 1 aromatic rings. The van der Waals surface area contributed by atoms with Crippen molar-refractivity contribution < 1.29 is 0 Å². The summed E-state index contributed by atoms with van der Waals surface area (Å²) in [5, 5.41) is 8.74. The smallest absolute Gasteiger partial charge is 0.120 e. The Hall–Kier alpha value is -1.23. The fourth-order valence-electron chi connectivity index (χ4n) is 1.46. The van der Waals surface area contributed by atoms with Crippen molar-refractivity contribution in [3.8, 4) is 6.07 Å². The van der Waals surface area contributed by atoms with Crippen LogP contribution >= 0.6 is 0 Å². The average Bonchev–Trinajstić information content (AvgIpc) is 2.76. The molecule has 2 heteroatoms. The third kappa shape index (κ3) is 0.932. The van der Waals surface area contributed by atoms with E-state index in [-0.39, 0.29) is 0 Å². The molecule has 1 aliphatic rings. The lowest BCUT2D eigenvalue weighted by Gasteiger charge is -2.03. The highest BCUT2D eigenvalue weighted by molar-refractivity contribution is 5.28. The molecule has 2 nitrogen and oxygen atoms in total. The van der Waals surface area contributed by atoms with Crippen LogP contribution in [0.15, 0.2) is 12.1 Å². The maximum atomic E-state index is 8.74. The van der Waals surface area contributed by atoms with Crippen LogP contribution in [0.5, 0.6) is 0 Å². The number of aryl methyl sites for hydroxylation is 1. The third-order valence-corrected chi connectivity index (χ3v) is 2.15. The van der Waals surface area contributed by atoms with E-state index in [0.29, 0.717) is 6.04 Å². The van der Waals surface area contributed by atoms with Gasteiger partial charge in [0.2, 0.25) is 0 Å². The molecule has 1 fully saturated rings. The number of hydrogen-bond donors (Lipinski definition) is 0. The highest BCUT2D eigenvalue weighted by atomic mass is 15.1. The SMILES string of the molecule is Cc1ccc(C#N)n1C1CC1. The summed E-state index contributed by atoms with van der Waals surface area (Å²) in [6, 6.07) is 6.73. The minimum atomic E-state index is 0.625. The zero-order valence-corrected chi connectivity index (χ0v) is 6.54. The van der Waals surface area contributed by atoms with E-state index < -0.39 is 0 Å². The summed E-state index contributed by atoms with van der Waals surface area (Å²) >= 11 is 0. The van der Waals surface area contributed by atoms with Gasteiger partial charge in [0.1, 0.15) is 11.8 Å². The molecule has 1 saturated carbocycles. The molecule has 2 rings (SSSR count). The second kappa shape index (κ2) is 2.13. The summed E-state index contributed by atoms with van der Waals surface area (Å²) in [6.45, 7) is 2.05. The van der Waals surface area contributed by atoms with Crippen LogP contribution in [0.4, 0.5) is 0 Å². The predicted octanol–water partition coefficient (Wildman–Crippen LogP) is 2.00. The predicted molar refractivity (Wildman–Crippen MR) is 42.2 cm³/mol. The number of hydrogen-bond acceptors (Lipinski definition) is 1.